The molecule has 0 aliphatic carbocycles. The van der Waals surface area contributed by atoms with E-state index in [0.717, 1.165) is 12.8 Å². The Morgan fingerprint density at radius 2 is 1.76 bits per heavy atom. The van der Waals surface area contributed by atoms with E-state index in [1.165, 1.54) is 18.2 Å². The van der Waals surface area contributed by atoms with Crippen LogP contribution in [0.3, 0.4) is 0 Å². The maximum atomic E-state index is 10.5. The van der Waals surface area contributed by atoms with Crippen molar-refractivity contribution in [3.63, 3.8) is 0 Å². The van der Waals surface area contributed by atoms with E-state index in [4.69, 9.17) is 4.84 Å². The SMILES string of the molecule is C[N+](=O)OCCCc1ccc(C(C)(C)C)cc1. The number of nitrogens with zero attached hydrogens (tertiary/aromatic N) is 1. The maximum Gasteiger partial charge on any atom is 0.239 e. The molecule has 3 heteroatoms. The molecule has 0 saturated heterocycles. The normalized spacial score (nSPS) is 11.3. The highest BCUT2D eigenvalue weighted by Crippen LogP contribution is 2.22. The van der Waals surface area contributed by atoms with Crippen molar-refractivity contribution in [2.75, 3.05) is 13.7 Å². The van der Waals surface area contributed by atoms with E-state index in [1.807, 2.05) is 0 Å². The molecule has 0 fully saturated rings. The highest BCUT2D eigenvalue weighted by molar-refractivity contribution is 5.27. The van der Waals surface area contributed by atoms with E-state index >= 15 is 0 Å². The summed E-state index contributed by atoms with van der Waals surface area (Å²) in [5.74, 6) is 0. The van der Waals surface area contributed by atoms with Gasteiger partial charge in [0, 0.05) is 0 Å². The predicted molar refractivity (Wildman–Crippen MR) is 69.0 cm³/mol. The summed E-state index contributed by atoms with van der Waals surface area (Å²) in [7, 11) is 1.36. The Balaban J connectivity index is 2.43. The summed E-state index contributed by atoms with van der Waals surface area (Å²) in [4.78, 5) is 15.8. The Morgan fingerprint density at radius 1 is 1.18 bits per heavy atom. The summed E-state index contributed by atoms with van der Waals surface area (Å²) < 4.78 is 0. The molecule has 1 rings (SSSR count). The van der Waals surface area contributed by atoms with Gasteiger partial charge in [0.15, 0.2) is 6.61 Å². The number of benzene rings is 1. The second kappa shape index (κ2) is 5.80. The third-order valence-corrected chi connectivity index (χ3v) is 2.70. The van der Waals surface area contributed by atoms with Crippen LogP contribution in [0.1, 0.15) is 38.3 Å². The van der Waals surface area contributed by atoms with Crippen molar-refractivity contribution in [3.05, 3.63) is 40.3 Å². The van der Waals surface area contributed by atoms with Gasteiger partial charge in [0.05, 0.1) is 4.91 Å². The first-order valence-corrected chi connectivity index (χ1v) is 6.03. The van der Waals surface area contributed by atoms with Gasteiger partial charge in [0.2, 0.25) is 12.0 Å². The van der Waals surface area contributed by atoms with Crippen LogP contribution >= 0.6 is 0 Å². The fourth-order valence-corrected chi connectivity index (χ4v) is 1.64. The Morgan fingerprint density at radius 3 is 2.24 bits per heavy atom. The van der Waals surface area contributed by atoms with Crippen LogP contribution in [0.4, 0.5) is 0 Å². The lowest BCUT2D eigenvalue weighted by molar-refractivity contribution is -0.784. The number of hydrogen-bond donors (Lipinski definition) is 0. The lowest BCUT2D eigenvalue weighted by atomic mass is 9.86. The van der Waals surface area contributed by atoms with Crippen LogP contribution in [0.2, 0.25) is 0 Å². The molecule has 0 saturated carbocycles. The van der Waals surface area contributed by atoms with E-state index in [9.17, 15) is 4.91 Å². The van der Waals surface area contributed by atoms with E-state index < -0.39 is 0 Å². The zero-order valence-corrected chi connectivity index (χ0v) is 11.2. The molecule has 94 valence electrons. The molecular weight excluding hydrogens is 214 g/mol. The predicted octanol–water partition coefficient (Wildman–Crippen LogP) is 3.26. The van der Waals surface area contributed by atoms with Crippen LogP contribution in [0, 0.1) is 4.91 Å². The Bertz CT molecular complexity index is 363. The highest BCUT2D eigenvalue weighted by Gasteiger charge is 2.12. The molecule has 1 aromatic carbocycles. The summed E-state index contributed by atoms with van der Waals surface area (Å²) in [5.41, 5.74) is 2.83. The first-order chi connectivity index (χ1) is 7.89. The van der Waals surface area contributed by atoms with E-state index in [0.29, 0.717) is 11.5 Å². The molecule has 17 heavy (non-hydrogen) atoms. The van der Waals surface area contributed by atoms with Crippen molar-refractivity contribution in [2.45, 2.75) is 39.0 Å². The monoisotopic (exact) mass is 236 g/mol. The van der Waals surface area contributed by atoms with Crippen LogP contribution in [-0.4, -0.2) is 18.6 Å². The summed E-state index contributed by atoms with van der Waals surface area (Å²) >= 11 is 0. The minimum absolute atomic E-state index is 0.201. The van der Waals surface area contributed by atoms with Crippen molar-refractivity contribution < 1.29 is 9.76 Å². The van der Waals surface area contributed by atoms with Gasteiger partial charge >= 0.3 is 0 Å². The van der Waals surface area contributed by atoms with Gasteiger partial charge in [-0.1, -0.05) is 45.0 Å². The smallest absolute Gasteiger partial charge is 0.232 e. The fraction of sp³-hybridized carbons (Fsp3) is 0.571. The molecule has 3 nitrogen and oxygen atoms in total. The van der Waals surface area contributed by atoms with Crippen LogP contribution in [0.25, 0.3) is 0 Å². The van der Waals surface area contributed by atoms with Gasteiger partial charge in [-0.05, 0) is 29.4 Å². The summed E-state index contributed by atoms with van der Waals surface area (Å²) in [5, 5.41) is 0. The Hall–Kier alpha value is -1.38. The van der Waals surface area contributed by atoms with Crippen LogP contribution in [-0.2, 0) is 16.7 Å². The molecule has 0 bridgehead atoms. The summed E-state index contributed by atoms with van der Waals surface area (Å²) in [6.07, 6.45) is 1.81. The third kappa shape index (κ3) is 4.98. The number of aryl methyl sites for hydroxylation is 1. The molecule has 0 heterocycles. The zero-order valence-electron chi connectivity index (χ0n) is 11.2. The fourth-order valence-electron chi connectivity index (χ4n) is 1.64. The van der Waals surface area contributed by atoms with Crippen molar-refractivity contribution in [1.82, 2.24) is 0 Å². The van der Waals surface area contributed by atoms with E-state index in [-0.39, 0.29) is 5.41 Å². The van der Waals surface area contributed by atoms with Gasteiger partial charge in [-0.15, -0.1) is 0 Å². The zero-order chi connectivity index (χ0) is 12.9. The lowest BCUT2D eigenvalue weighted by Crippen LogP contribution is -2.10. The van der Waals surface area contributed by atoms with Crippen LogP contribution in [0.15, 0.2) is 24.3 Å². The Labute approximate surface area is 103 Å². The lowest BCUT2D eigenvalue weighted by Gasteiger charge is -2.19. The van der Waals surface area contributed by atoms with E-state index in [1.54, 1.807) is 0 Å². The van der Waals surface area contributed by atoms with Crippen LogP contribution in [0.5, 0.6) is 0 Å². The molecule has 1 aromatic rings. The molecule has 0 amide bonds. The van der Waals surface area contributed by atoms with Crippen molar-refractivity contribution >= 4 is 0 Å². The van der Waals surface area contributed by atoms with Crippen molar-refractivity contribution in [2.24, 2.45) is 0 Å². The van der Waals surface area contributed by atoms with Gasteiger partial charge in [-0.3, -0.25) is 0 Å². The second-order valence-corrected chi connectivity index (χ2v) is 5.32. The number of rotatable bonds is 5. The highest BCUT2D eigenvalue weighted by atomic mass is 16.8. The summed E-state index contributed by atoms with van der Waals surface area (Å²) in [6, 6.07) is 8.66. The topological polar surface area (TPSA) is 29.3 Å². The average Bonchev–Trinajstić information content (AvgIpc) is 2.23. The molecular formula is C14H22NO2+. The second-order valence-electron chi connectivity index (χ2n) is 5.32. The molecule has 0 aliphatic rings. The quantitative estimate of drug-likeness (QED) is 0.580. The van der Waals surface area contributed by atoms with Gasteiger partial charge in [-0.2, -0.15) is 0 Å². The molecule has 0 radical (unpaired) electrons. The van der Waals surface area contributed by atoms with Crippen LogP contribution < -0.4 is 0 Å². The largest absolute Gasteiger partial charge is 0.239 e. The maximum absolute atomic E-state index is 10.5. The third-order valence-electron chi connectivity index (χ3n) is 2.70. The number of hydrogen-bond acceptors (Lipinski definition) is 2. The van der Waals surface area contributed by atoms with E-state index in [2.05, 4.69) is 45.0 Å². The van der Waals surface area contributed by atoms with Gasteiger partial charge in [0.25, 0.3) is 0 Å². The Kier molecular flexibility index (Phi) is 4.67. The first kappa shape index (κ1) is 13.7. The summed E-state index contributed by atoms with van der Waals surface area (Å²) in [6.45, 7) is 7.10. The molecule has 0 aliphatic heterocycles. The van der Waals surface area contributed by atoms with Gasteiger partial charge < -0.3 is 0 Å². The van der Waals surface area contributed by atoms with Gasteiger partial charge in [0.1, 0.15) is 0 Å². The molecule has 0 aromatic heterocycles. The molecule has 0 spiro atoms. The first-order valence-electron chi connectivity index (χ1n) is 6.03. The van der Waals surface area contributed by atoms with Crippen molar-refractivity contribution in [1.29, 1.82) is 0 Å². The minimum Gasteiger partial charge on any atom is -0.232 e. The average molecular weight is 236 g/mol. The standard InChI is InChI=1S/C14H22NO2/c1-14(2,3)13-9-7-12(8-10-13)6-5-11-17-15(4)16/h7-10H,5-6,11H2,1-4H3/q+1. The molecule has 0 N–H and O–H groups in total. The van der Waals surface area contributed by atoms with Crippen molar-refractivity contribution in [3.8, 4) is 0 Å². The van der Waals surface area contributed by atoms with Gasteiger partial charge in [-0.25, -0.2) is 4.84 Å². The molecule has 0 atom stereocenters. The molecule has 0 unspecified atom stereocenters. The minimum atomic E-state index is 0.201.